The Labute approximate surface area is 187 Å². The van der Waals surface area contributed by atoms with Crippen molar-refractivity contribution in [1.29, 1.82) is 0 Å². The Hall–Kier alpha value is -4.13. The Kier molecular flexibility index (Phi) is 7.59. The number of anilines is 3. The highest BCUT2D eigenvalue weighted by Crippen LogP contribution is 2.39. The fourth-order valence-corrected chi connectivity index (χ4v) is 3.11. The van der Waals surface area contributed by atoms with Gasteiger partial charge in [0.25, 0.3) is 5.91 Å². The van der Waals surface area contributed by atoms with Gasteiger partial charge in [-0.15, -0.1) is 0 Å². The van der Waals surface area contributed by atoms with Crippen LogP contribution >= 0.6 is 0 Å². The molecule has 0 spiro atoms. The van der Waals surface area contributed by atoms with E-state index in [0.29, 0.717) is 40.7 Å². The molecule has 1 amide bonds. The van der Waals surface area contributed by atoms with Crippen LogP contribution in [-0.2, 0) is 0 Å². The average Bonchev–Trinajstić information content (AvgIpc) is 2.82. The molecule has 3 aromatic carbocycles. The number of nitrogen functional groups attached to an aromatic ring is 1. The topological polar surface area (TPSA) is 94.8 Å². The quantitative estimate of drug-likeness (QED) is 0.425. The summed E-state index contributed by atoms with van der Waals surface area (Å²) in [6.07, 6.45) is 3.96. The van der Waals surface area contributed by atoms with Gasteiger partial charge in [0.05, 0.1) is 32.7 Å². The van der Waals surface area contributed by atoms with Crippen LogP contribution in [0.1, 0.15) is 15.9 Å². The number of hydrogen-bond acceptors (Lipinski definition) is 6. The van der Waals surface area contributed by atoms with Crippen molar-refractivity contribution in [3.05, 3.63) is 77.9 Å². The summed E-state index contributed by atoms with van der Waals surface area (Å²) in [4.78, 5) is 12.4. The van der Waals surface area contributed by atoms with Crippen LogP contribution in [0.15, 0.2) is 66.7 Å². The molecule has 0 radical (unpaired) electrons. The standard InChI is InChI=1S/C25H27N3O4/c1-30-22-15-19(16-23(31-2)24(22)32-3)27-14-6-7-17-10-12-18(13-11-17)25(29)28-21-9-5-4-8-20(21)26/h4-13,15-16,27H,14,26H2,1-3H3,(H,28,29)/b7-6+. The number of methoxy groups -OCH3 is 3. The molecule has 0 saturated heterocycles. The van der Waals surface area contributed by atoms with E-state index in [1.807, 2.05) is 48.6 Å². The van der Waals surface area contributed by atoms with E-state index in [4.69, 9.17) is 19.9 Å². The number of nitrogens with two attached hydrogens (primary N) is 1. The van der Waals surface area contributed by atoms with Gasteiger partial charge in [-0.25, -0.2) is 0 Å². The molecule has 7 nitrogen and oxygen atoms in total. The molecule has 0 aliphatic rings. The Morgan fingerprint density at radius 2 is 1.59 bits per heavy atom. The van der Waals surface area contributed by atoms with E-state index >= 15 is 0 Å². The molecule has 0 aliphatic heterocycles. The molecule has 0 unspecified atom stereocenters. The molecule has 0 fully saturated rings. The predicted octanol–water partition coefficient (Wildman–Crippen LogP) is 4.67. The zero-order valence-corrected chi connectivity index (χ0v) is 18.3. The molecule has 0 atom stereocenters. The summed E-state index contributed by atoms with van der Waals surface area (Å²) >= 11 is 0. The van der Waals surface area contributed by atoms with Gasteiger partial charge in [-0.1, -0.05) is 36.4 Å². The van der Waals surface area contributed by atoms with Gasteiger partial charge in [0.1, 0.15) is 0 Å². The van der Waals surface area contributed by atoms with Crippen molar-refractivity contribution in [1.82, 2.24) is 0 Å². The Bertz CT molecular complexity index is 1070. The van der Waals surface area contributed by atoms with Gasteiger partial charge in [0, 0.05) is 29.9 Å². The summed E-state index contributed by atoms with van der Waals surface area (Å²) in [5.74, 6) is 1.52. The van der Waals surface area contributed by atoms with Crippen molar-refractivity contribution in [2.24, 2.45) is 0 Å². The Balaban J connectivity index is 1.58. The van der Waals surface area contributed by atoms with Gasteiger partial charge in [-0.3, -0.25) is 4.79 Å². The molecule has 3 rings (SSSR count). The van der Waals surface area contributed by atoms with Gasteiger partial charge in [0.2, 0.25) is 5.75 Å². The summed E-state index contributed by atoms with van der Waals surface area (Å²) in [5.41, 5.74) is 9.38. The van der Waals surface area contributed by atoms with E-state index in [9.17, 15) is 4.79 Å². The first-order valence-electron chi connectivity index (χ1n) is 10.0. The lowest BCUT2D eigenvalue weighted by Gasteiger charge is -2.14. The molecule has 0 aromatic heterocycles. The van der Waals surface area contributed by atoms with E-state index in [-0.39, 0.29) is 5.91 Å². The van der Waals surface area contributed by atoms with Gasteiger partial charge < -0.3 is 30.6 Å². The van der Waals surface area contributed by atoms with Gasteiger partial charge in [-0.05, 0) is 29.8 Å². The van der Waals surface area contributed by atoms with Gasteiger partial charge in [0.15, 0.2) is 11.5 Å². The first-order valence-corrected chi connectivity index (χ1v) is 10.0. The number of para-hydroxylation sites is 2. The third kappa shape index (κ3) is 5.51. The zero-order chi connectivity index (χ0) is 22.9. The highest BCUT2D eigenvalue weighted by molar-refractivity contribution is 6.05. The summed E-state index contributed by atoms with van der Waals surface area (Å²) in [6.45, 7) is 0.591. The number of ether oxygens (including phenoxy) is 3. The molecule has 7 heteroatoms. The molecule has 0 saturated carbocycles. The second-order valence-corrected chi connectivity index (χ2v) is 6.86. The monoisotopic (exact) mass is 433 g/mol. The largest absolute Gasteiger partial charge is 0.493 e. The van der Waals surface area contributed by atoms with Crippen LogP contribution in [-0.4, -0.2) is 33.8 Å². The van der Waals surface area contributed by atoms with Crippen LogP contribution in [0, 0.1) is 0 Å². The minimum atomic E-state index is -0.206. The van der Waals surface area contributed by atoms with Crippen molar-refractivity contribution in [3.8, 4) is 17.2 Å². The summed E-state index contributed by atoms with van der Waals surface area (Å²) < 4.78 is 16.1. The highest BCUT2D eigenvalue weighted by atomic mass is 16.5. The molecule has 166 valence electrons. The van der Waals surface area contributed by atoms with Crippen LogP contribution in [0.3, 0.4) is 0 Å². The van der Waals surface area contributed by atoms with Crippen molar-refractivity contribution < 1.29 is 19.0 Å². The maximum absolute atomic E-state index is 12.4. The second kappa shape index (κ2) is 10.8. The lowest BCUT2D eigenvalue weighted by Crippen LogP contribution is -2.12. The lowest BCUT2D eigenvalue weighted by molar-refractivity contribution is 0.102. The SMILES string of the molecule is COc1cc(NC/C=C/c2ccc(C(=O)Nc3ccccc3N)cc2)cc(OC)c1OC. The number of amides is 1. The minimum Gasteiger partial charge on any atom is -0.493 e. The van der Waals surface area contributed by atoms with Gasteiger partial charge >= 0.3 is 0 Å². The molecular weight excluding hydrogens is 406 g/mol. The molecular formula is C25H27N3O4. The molecule has 0 bridgehead atoms. The van der Waals surface area contributed by atoms with E-state index in [2.05, 4.69) is 10.6 Å². The Morgan fingerprint density at radius 3 is 2.19 bits per heavy atom. The lowest BCUT2D eigenvalue weighted by atomic mass is 10.1. The van der Waals surface area contributed by atoms with Crippen LogP contribution in [0.25, 0.3) is 6.08 Å². The van der Waals surface area contributed by atoms with Gasteiger partial charge in [-0.2, -0.15) is 0 Å². The van der Waals surface area contributed by atoms with Crippen LogP contribution in [0.4, 0.5) is 17.1 Å². The van der Waals surface area contributed by atoms with E-state index < -0.39 is 0 Å². The average molecular weight is 434 g/mol. The molecule has 0 heterocycles. The van der Waals surface area contributed by atoms with Crippen LogP contribution in [0.2, 0.25) is 0 Å². The number of carbonyl (C=O) groups is 1. The number of carbonyl (C=O) groups excluding carboxylic acids is 1. The van der Waals surface area contributed by atoms with Crippen molar-refractivity contribution in [2.75, 3.05) is 44.2 Å². The molecule has 0 aliphatic carbocycles. The third-order valence-electron chi connectivity index (χ3n) is 4.78. The number of benzene rings is 3. The van der Waals surface area contributed by atoms with E-state index in [1.165, 1.54) is 0 Å². The number of hydrogen-bond donors (Lipinski definition) is 3. The predicted molar refractivity (Wildman–Crippen MR) is 129 cm³/mol. The van der Waals surface area contributed by atoms with Crippen molar-refractivity contribution in [2.45, 2.75) is 0 Å². The van der Waals surface area contributed by atoms with E-state index in [1.54, 1.807) is 45.6 Å². The summed E-state index contributed by atoms with van der Waals surface area (Å²) in [5, 5.41) is 6.12. The Morgan fingerprint density at radius 1 is 0.938 bits per heavy atom. The van der Waals surface area contributed by atoms with Crippen molar-refractivity contribution in [3.63, 3.8) is 0 Å². The molecule has 32 heavy (non-hydrogen) atoms. The van der Waals surface area contributed by atoms with E-state index in [0.717, 1.165) is 11.3 Å². The maximum Gasteiger partial charge on any atom is 0.255 e. The number of nitrogens with one attached hydrogen (secondary N) is 2. The maximum atomic E-state index is 12.4. The van der Waals surface area contributed by atoms with Crippen LogP contribution in [0.5, 0.6) is 17.2 Å². The fraction of sp³-hybridized carbons (Fsp3) is 0.160. The van der Waals surface area contributed by atoms with Crippen LogP contribution < -0.4 is 30.6 Å². The van der Waals surface area contributed by atoms with Crippen molar-refractivity contribution >= 4 is 29.0 Å². The first-order chi connectivity index (χ1) is 15.5. The fourth-order valence-electron chi connectivity index (χ4n) is 3.11. The third-order valence-corrected chi connectivity index (χ3v) is 4.78. The second-order valence-electron chi connectivity index (χ2n) is 6.86. The molecule has 3 aromatic rings. The summed E-state index contributed by atoms with van der Waals surface area (Å²) in [6, 6.07) is 18.2. The minimum absolute atomic E-state index is 0.206. The highest BCUT2D eigenvalue weighted by Gasteiger charge is 2.12. The smallest absolute Gasteiger partial charge is 0.255 e. The zero-order valence-electron chi connectivity index (χ0n) is 18.3. The first kappa shape index (κ1) is 22.6. The summed E-state index contributed by atoms with van der Waals surface area (Å²) in [7, 11) is 4.74. The number of rotatable bonds is 9. The molecule has 4 N–H and O–H groups in total. The normalized spacial score (nSPS) is 10.6.